The van der Waals surface area contributed by atoms with E-state index < -0.39 is 34.8 Å². The molecule has 0 aliphatic carbocycles. The van der Waals surface area contributed by atoms with Crippen LogP contribution in [0.2, 0.25) is 0 Å². The van der Waals surface area contributed by atoms with Crippen LogP contribution in [0.4, 0.5) is 4.79 Å². The van der Waals surface area contributed by atoms with Crippen molar-refractivity contribution in [2.45, 2.75) is 91.9 Å². The summed E-state index contributed by atoms with van der Waals surface area (Å²) >= 11 is 0. The van der Waals surface area contributed by atoms with Gasteiger partial charge in [0, 0.05) is 32.6 Å². The standard InChI is InChI=1S/C32H55N3O10/c1-21(2)24(17-23-11-12-28(42-9)29(18-23)43-15-10-14-41-8)19-26(34-31(38)45-32(5,6)7)27(36)20-25(22(3)4)30(37)33-13-16-44-35(39)40/h11-12,18,21-22,24-27,36H,10,13-17,19-20H2,1-9H3,(H,33,37)(H,34,38)/t24-,25-,26-,27-/m0/s1. The molecule has 0 fully saturated rings. The van der Waals surface area contributed by atoms with Crippen molar-refractivity contribution in [3.63, 3.8) is 0 Å². The summed E-state index contributed by atoms with van der Waals surface area (Å²) in [6.45, 7) is 13.9. The average molecular weight is 642 g/mol. The number of amides is 2. The maximum atomic E-state index is 13.0. The van der Waals surface area contributed by atoms with Gasteiger partial charge in [0.2, 0.25) is 5.91 Å². The van der Waals surface area contributed by atoms with Crippen LogP contribution in [0.25, 0.3) is 0 Å². The van der Waals surface area contributed by atoms with Gasteiger partial charge in [-0.15, -0.1) is 10.1 Å². The van der Waals surface area contributed by atoms with E-state index >= 15 is 0 Å². The summed E-state index contributed by atoms with van der Waals surface area (Å²) in [5.41, 5.74) is 0.268. The average Bonchev–Trinajstić information content (AvgIpc) is 2.94. The van der Waals surface area contributed by atoms with E-state index in [2.05, 4.69) is 29.3 Å². The van der Waals surface area contributed by atoms with Gasteiger partial charge in [-0.2, -0.15) is 0 Å². The van der Waals surface area contributed by atoms with Crippen LogP contribution in [0.5, 0.6) is 11.5 Å². The highest BCUT2D eigenvalue weighted by Gasteiger charge is 2.33. The first-order chi connectivity index (χ1) is 21.1. The van der Waals surface area contributed by atoms with E-state index in [4.69, 9.17) is 18.9 Å². The SMILES string of the molecule is COCCCOc1cc(C[C@@H](C[C@H](NC(=O)OC(C)(C)C)[C@@H](O)C[C@H](C(=O)NCCO[N+](=O)[O-])C(C)C)C(C)C)ccc1OC. The number of methoxy groups -OCH3 is 2. The van der Waals surface area contributed by atoms with Gasteiger partial charge in [0.25, 0.3) is 5.09 Å². The number of carbonyl (C=O) groups excluding carboxylic acids is 2. The van der Waals surface area contributed by atoms with E-state index in [-0.39, 0.29) is 43.2 Å². The maximum Gasteiger partial charge on any atom is 0.407 e. The van der Waals surface area contributed by atoms with Crippen LogP contribution in [-0.4, -0.2) is 80.5 Å². The zero-order chi connectivity index (χ0) is 34.2. The number of aliphatic hydroxyl groups excluding tert-OH is 1. The Bertz CT molecular complexity index is 1040. The molecule has 13 nitrogen and oxygen atoms in total. The van der Waals surface area contributed by atoms with E-state index in [1.807, 2.05) is 32.0 Å². The fraction of sp³-hybridized carbons (Fsp3) is 0.750. The molecule has 3 N–H and O–H groups in total. The van der Waals surface area contributed by atoms with Crippen molar-refractivity contribution in [1.82, 2.24) is 10.6 Å². The molecule has 0 saturated heterocycles. The number of nitrogens with zero attached hydrogens (tertiary/aromatic N) is 1. The Balaban J connectivity index is 3.19. The van der Waals surface area contributed by atoms with E-state index in [1.54, 1.807) is 35.0 Å². The lowest BCUT2D eigenvalue weighted by atomic mass is 9.80. The van der Waals surface area contributed by atoms with E-state index in [1.165, 1.54) is 0 Å². The Morgan fingerprint density at radius 3 is 2.24 bits per heavy atom. The Morgan fingerprint density at radius 2 is 1.69 bits per heavy atom. The molecule has 45 heavy (non-hydrogen) atoms. The third-order valence-electron chi connectivity index (χ3n) is 7.38. The minimum Gasteiger partial charge on any atom is -0.493 e. The fourth-order valence-corrected chi connectivity index (χ4v) is 4.87. The third-order valence-corrected chi connectivity index (χ3v) is 7.38. The normalized spacial score (nSPS) is 14.3. The summed E-state index contributed by atoms with van der Waals surface area (Å²) in [6, 6.07) is 5.08. The number of benzene rings is 1. The predicted molar refractivity (Wildman–Crippen MR) is 170 cm³/mol. The number of nitrogens with one attached hydrogen (secondary N) is 2. The molecular weight excluding hydrogens is 586 g/mol. The number of carbonyl (C=O) groups is 2. The van der Waals surface area contributed by atoms with Gasteiger partial charge in [0.1, 0.15) is 12.2 Å². The maximum absolute atomic E-state index is 13.0. The Labute approximate surface area is 267 Å². The van der Waals surface area contributed by atoms with Gasteiger partial charge in [-0.3, -0.25) is 4.79 Å². The zero-order valence-electron chi connectivity index (χ0n) is 28.4. The molecule has 0 heterocycles. The third kappa shape index (κ3) is 16.0. The molecule has 0 saturated carbocycles. The summed E-state index contributed by atoms with van der Waals surface area (Å²) < 4.78 is 22.1. The fourth-order valence-electron chi connectivity index (χ4n) is 4.87. The first-order valence-corrected chi connectivity index (χ1v) is 15.6. The lowest BCUT2D eigenvalue weighted by molar-refractivity contribution is -0.757. The topological polar surface area (TPSA) is 168 Å². The molecule has 1 aromatic rings. The summed E-state index contributed by atoms with van der Waals surface area (Å²) in [5, 5.41) is 26.5. The highest BCUT2D eigenvalue weighted by molar-refractivity contribution is 5.79. The van der Waals surface area contributed by atoms with Gasteiger partial charge in [0.05, 0.1) is 25.9 Å². The Morgan fingerprint density at radius 1 is 1.00 bits per heavy atom. The molecule has 0 spiro atoms. The van der Waals surface area contributed by atoms with Gasteiger partial charge < -0.3 is 39.5 Å². The Kier molecular flexibility index (Phi) is 17.6. The first-order valence-electron chi connectivity index (χ1n) is 15.6. The molecule has 0 radical (unpaired) electrons. The summed E-state index contributed by atoms with van der Waals surface area (Å²) in [7, 11) is 3.23. The molecule has 1 aromatic carbocycles. The van der Waals surface area contributed by atoms with Gasteiger partial charge in [-0.1, -0.05) is 33.8 Å². The van der Waals surface area contributed by atoms with Crippen LogP contribution in [0.15, 0.2) is 18.2 Å². The minimum atomic E-state index is -1.08. The van der Waals surface area contributed by atoms with Crippen LogP contribution in [0, 0.1) is 33.8 Å². The number of alkyl carbamates (subject to hydrolysis) is 1. The highest BCUT2D eigenvalue weighted by Crippen LogP contribution is 2.32. The number of hydrogen-bond acceptors (Lipinski definition) is 10. The van der Waals surface area contributed by atoms with E-state index in [0.717, 1.165) is 12.0 Å². The molecule has 1 rings (SSSR count). The van der Waals surface area contributed by atoms with Crippen molar-refractivity contribution in [2.75, 3.05) is 40.6 Å². The summed E-state index contributed by atoms with van der Waals surface area (Å²) in [4.78, 5) is 40.6. The lowest BCUT2D eigenvalue weighted by Gasteiger charge is -2.33. The van der Waals surface area contributed by atoms with Crippen LogP contribution < -0.4 is 20.1 Å². The van der Waals surface area contributed by atoms with Crippen molar-refractivity contribution >= 4 is 12.0 Å². The van der Waals surface area contributed by atoms with Crippen LogP contribution in [-0.2, 0) is 25.5 Å². The van der Waals surface area contributed by atoms with E-state index in [0.29, 0.717) is 37.6 Å². The number of rotatable bonds is 21. The lowest BCUT2D eigenvalue weighted by Crippen LogP contribution is -2.49. The first kappa shape index (κ1) is 39.7. The molecule has 0 aliphatic rings. The molecule has 0 aliphatic heterocycles. The van der Waals surface area contributed by atoms with E-state index in [9.17, 15) is 24.8 Å². The Hall–Kier alpha value is -3.32. The molecule has 0 bridgehead atoms. The second-order valence-electron chi connectivity index (χ2n) is 12.9. The van der Waals surface area contributed by atoms with Crippen molar-refractivity contribution in [1.29, 1.82) is 0 Å². The molecular formula is C32H55N3O10. The highest BCUT2D eigenvalue weighted by atomic mass is 16.9. The number of ether oxygens (including phenoxy) is 4. The number of aliphatic hydroxyl groups is 1. The van der Waals surface area contributed by atoms with Crippen molar-refractivity contribution in [2.24, 2.45) is 23.7 Å². The van der Waals surface area contributed by atoms with Gasteiger partial charge >= 0.3 is 6.09 Å². The van der Waals surface area contributed by atoms with Gasteiger partial charge in [-0.25, -0.2) is 4.79 Å². The smallest absolute Gasteiger partial charge is 0.407 e. The summed E-state index contributed by atoms with van der Waals surface area (Å²) in [6.07, 6.45) is 0.107. The largest absolute Gasteiger partial charge is 0.493 e. The molecule has 13 heteroatoms. The van der Waals surface area contributed by atoms with Crippen LogP contribution in [0.1, 0.15) is 73.3 Å². The van der Waals surface area contributed by atoms with Crippen LogP contribution in [0.3, 0.4) is 0 Å². The second kappa shape index (κ2) is 19.9. The molecule has 4 atom stereocenters. The number of hydrogen-bond donors (Lipinski definition) is 3. The monoisotopic (exact) mass is 641 g/mol. The van der Waals surface area contributed by atoms with Gasteiger partial charge in [-0.05, 0) is 75.5 Å². The van der Waals surface area contributed by atoms with Crippen LogP contribution >= 0.6 is 0 Å². The predicted octanol–water partition coefficient (Wildman–Crippen LogP) is 4.56. The van der Waals surface area contributed by atoms with Crippen molar-refractivity contribution in [3.05, 3.63) is 33.9 Å². The quantitative estimate of drug-likeness (QED) is 0.0984. The van der Waals surface area contributed by atoms with Gasteiger partial charge in [0.15, 0.2) is 11.5 Å². The van der Waals surface area contributed by atoms with Crippen molar-refractivity contribution in [3.8, 4) is 11.5 Å². The molecule has 0 unspecified atom stereocenters. The van der Waals surface area contributed by atoms with Crippen molar-refractivity contribution < 1.29 is 43.6 Å². The zero-order valence-corrected chi connectivity index (χ0v) is 28.4. The minimum absolute atomic E-state index is 0.0277. The molecule has 2 amide bonds. The second-order valence-corrected chi connectivity index (χ2v) is 12.9. The molecule has 0 aromatic heterocycles. The summed E-state index contributed by atoms with van der Waals surface area (Å²) in [5.74, 6) is 0.338. The molecule has 258 valence electrons.